The van der Waals surface area contributed by atoms with Crippen LogP contribution in [-0.4, -0.2) is 34.2 Å². The highest BCUT2D eigenvalue weighted by Crippen LogP contribution is 2.16. The molecule has 1 fully saturated rings. The minimum atomic E-state index is -0.124. The average molecular weight is 271 g/mol. The fraction of sp³-hybridized carbons (Fsp3) is 0.400. The number of nitrogens with one attached hydrogen (secondary N) is 1. The molecule has 0 unspecified atom stereocenters. The molecular weight excluding hydrogens is 254 g/mol. The third kappa shape index (κ3) is 2.63. The first kappa shape index (κ1) is 13.0. The second-order valence-electron chi connectivity index (χ2n) is 5.28. The van der Waals surface area contributed by atoms with Crippen LogP contribution in [0, 0.1) is 5.92 Å². The van der Waals surface area contributed by atoms with Crippen molar-refractivity contribution in [2.24, 2.45) is 5.92 Å². The fourth-order valence-corrected chi connectivity index (χ4v) is 2.63. The molecule has 104 valence electrons. The van der Waals surface area contributed by atoms with Gasteiger partial charge < -0.3 is 9.78 Å². The normalized spacial score (nSPS) is 17.4. The summed E-state index contributed by atoms with van der Waals surface area (Å²) in [4.78, 5) is 32.3. The van der Waals surface area contributed by atoms with Crippen LogP contribution in [0.25, 0.3) is 11.0 Å². The van der Waals surface area contributed by atoms with Crippen LogP contribution in [0.1, 0.15) is 18.5 Å². The van der Waals surface area contributed by atoms with Gasteiger partial charge in [0.15, 0.2) is 0 Å². The fourth-order valence-electron chi connectivity index (χ4n) is 2.63. The second kappa shape index (κ2) is 5.54. The minimum Gasteiger partial charge on any atom is -0.319 e. The molecule has 3 rings (SSSR count). The number of aldehydes is 1. The molecule has 1 aromatic carbocycles. The smallest absolute Gasteiger partial charge is 0.271 e. The van der Waals surface area contributed by atoms with Gasteiger partial charge >= 0.3 is 0 Å². The summed E-state index contributed by atoms with van der Waals surface area (Å²) in [6.45, 7) is 2.24. The van der Waals surface area contributed by atoms with Crippen LogP contribution in [0.5, 0.6) is 0 Å². The largest absolute Gasteiger partial charge is 0.319 e. The summed E-state index contributed by atoms with van der Waals surface area (Å²) in [7, 11) is 0. The van der Waals surface area contributed by atoms with Gasteiger partial charge in [0.05, 0.1) is 11.0 Å². The summed E-state index contributed by atoms with van der Waals surface area (Å²) in [6.07, 6.45) is 2.78. The molecule has 1 N–H and O–H groups in total. The van der Waals surface area contributed by atoms with Gasteiger partial charge in [0.2, 0.25) is 0 Å². The van der Waals surface area contributed by atoms with E-state index in [0.29, 0.717) is 12.2 Å². The van der Waals surface area contributed by atoms with Crippen molar-refractivity contribution >= 4 is 17.3 Å². The Morgan fingerprint density at radius 2 is 2.05 bits per heavy atom. The Hall–Kier alpha value is -2.01. The molecular formula is C15H17N3O2. The van der Waals surface area contributed by atoms with Gasteiger partial charge in [-0.2, -0.15) is 0 Å². The lowest BCUT2D eigenvalue weighted by molar-refractivity contribution is -0.112. The van der Waals surface area contributed by atoms with Crippen molar-refractivity contribution in [3.8, 4) is 0 Å². The van der Waals surface area contributed by atoms with E-state index in [2.05, 4.69) is 14.9 Å². The number of fused-ring (bicyclic) bond motifs is 1. The topological polar surface area (TPSA) is 66.1 Å². The van der Waals surface area contributed by atoms with Crippen LogP contribution in [0.4, 0.5) is 0 Å². The maximum Gasteiger partial charge on any atom is 0.271 e. The Morgan fingerprint density at radius 3 is 2.80 bits per heavy atom. The third-order valence-corrected chi connectivity index (χ3v) is 3.87. The van der Waals surface area contributed by atoms with Crippen LogP contribution in [-0.2, 0) is 11.3 Å². The monoisotopic (exact) mass is 271 g/mol. The molecule has 0 bridgehead atoms. The van der Waals surface area contributed by atoms with Crippen LogP contribution in [0.2, 0.25) is 0 Å². The molecule has 0 radical (unpaired) electrons. The number of H-pyrrole nitrogens is 1. The second-order valence-corrected chi connectivity index (χ2v) is 5.28. The van der Waals surface area contributed by atoms with E-state index in [9.17, 15) is 9.59 Å². The van der Waals surface area contributed by atoms with Crippen molar-refractivity contribution in [3.63, 3.8) is 0 Å². The zero-order valence-electron chi connectivity index (χ0n) is 11.2. The van der Waals surface area contributed by atoms with Gasteiger partial charge in [-0.1, -0.05) is 12.1 Å². The molecule has 20 heavy (non-hydrogen) atoms. The maximum absolute atomic E-state index is 12.0. The number of carbonyl (C=O) groups is 1. The Bertz CT molecular complexity index is 672. The molecule has 0 saturated carbocycles. The Labute approximate surface area is 116 Å². The highest BCUT2D eigenvalue weighted by Gasteiger charge is 2.19. The number of rotatable bonds is 3. The number of aromatic amines is 1. The van der Waals surface area contributed by atoms with Crippen molar-refractivity contribution in [2.75, 3.05) is 13.1 Å². The lowest BCUT2D eigenvalue weighted by Gasteiger charge is -2.28. The van der Waals surface area contributed by atoms with Gasteiger partial charge in [-0.25, -0.2) is 4.98 Å². The number of piperidine rings is 1. The van der Waals surface area contributed by atoms with E-state index < -0.39 is 0 Å². The Balaban J connectivity index is 1.79. The lowest BCUT2D eigenvalue weighted by atomic mass is 9.98. The highest BCUT2D eigenvalue weighted by atomic mass is 16.1. The van der Waals surface area contributed by atoms with Gasteiger partial charge in [-0.15, -0.1) is 0 Å². The number of para-hydroxylation sites is 2. The summed E-state index contributed by atoms with van der Waals surface area (Å²) >= 11 is 0. The van der Waals surface area contributed by atoms with Crippen LogP contribution < -0.4 is 5.56 Å². The van der Waals surface area contributed by atoms with E-state index in [1.54, 1.807) is 0 Å². The van der Waals surface area contributed by atoms with Gasteiger partial charge in [-0.3, -0.25) is 9.69 Å². The Kier molecular flexibility index (Phi) is 3.60. The van der Waals surface area contributed by atoms with Crippen LogP contribution in [0.3, 0.4) is 0 Å². The van der Waals surface area contributed by atoms with E-state index in [1.807, 2.05) is 24.3 Å². The minimum absolute atomic E-state index is 0.124. The molecule has 1 aromatic heterocycles. The van der Waals surface area contributed by atoms with Crippen LogP contribution in [0.15, 0.2) is 29.1 Å². The molecule has 2 heterocycles. The van der Waals surface area contributed by atoms with E-state index >= 15 is 0 Å². The maximum atomic E-state index is 12.0. The molecule has 5 nitrogen and oxygen atoms in total. The number of likely N-dealkylation sites (tertiary alicyclic amines) is 1. The molecule has 5 heteroatoms. The summed E-state index contributed by atoms with van der Waals surface area (Å²) in [5.74, 6) is 0.175. The van der Waals surface area contributed by atoms with Crippen molar-refractivity contribution in [1.29, 1.82) is 0 Å². The standard InChI is InChI=1S/C15H17N3O2/c19-10-11-5-7-18(8-6-11)9-14-15(20)17-13-4-2-1-3-12(13)16-14/h1-4,10-11H,5-9H2,(H,17,20). The first-order valence-corrected chi connectivity index (χ1v) is 6.92. The van der Waals surface area contributed by atoms with E-state index in [-0.39, 0.29) is 11.5 Å². The zero-order valence-corrected chi connectivity index (χ0v) is 11.2. The molecule has 0 amide bonds. The number of carbonyl (C=O) groups excluding carboxylic acids is 1. The lowest BCUT2D eigenvalue weighted by Crippen LogP contribution is -2.35. The number of hydrogen-bond acceptors (Lipinski definition) is 4. The average Bonchev–Trinajstić information content (AvgIpc) is 2.49. The summed E-state index contributed by atoms with van der Waals surface area (Å²) in [5.41, 5.74) is 2.00. The van der Waals surface area contributed by atoms with Crippen molar-refractivity contribution < 1.29 is 4.79 Å². The summed E-state index contributed by atoms with van der Waals surface area (Å²) in [6, 6.07) is 7.54. The SMILES string of the molecule is O=CC1CCN(Cc2nc3ccccc3[nH]c2=O)CC1. The molecule has 1 saturated heterocycles. The number of aromatic nitrogens is 2. The summed E-state index contributed by atoms with van der Waals surface area (Å²) < 4.78 is 0. The molecule has 0 spiro atoms. The molecule has 2 aromatic rings. The highest BCUT2D eigenvalue weighted by molar-refractivity contribution is 5.73. The van der Waals surface area contributed by atoms with Gasteiger partial charge in [-0.05, 0) is 38.1 Å². The third-order valence-electron chi connectivity index (χ3n) is 3.87. The number of benzene rings is 1. The molecule has 1 aliphatic heterocycles. The van der Waals surface area contributed by atoms with E-state index in [1.165, 1.54) is 0 Å². The Morgan fingerprint density at radius 1 is 1.30 bits per heavy atom. The van der Waals surface area contributed by atoms with Crippen molar-refractivity contribution in [2.45, 2.75) is 19.4 Å². The van der Waals surface area contributed by atoms with Crippen molar-refractivity contribution in [1.82, 2.24) is 14.9 Å². The van der Waals surface area contributed by atoms with Gasteiger partial charge in [0.1, 0.15) is 12.0 Å². The first-order valence-electron chi connectivity index (χ1n) is 6.92. The first-order chi connectivity index (χ1) is 9.76. The summed E-state index contributed by atoms with van der Waals surface area (Å²) in [5, 5.41) is 0. The molecule has 0 aliphatic carbocycles. The molecule has 1 aliphatic rings. The van der Waals surface area contributed by atoms with E-state index in [4.69, 9.17) is 0 Å². The predicted octanol–water partition coefficient (Wildman–Crippen LogP) is 1.33. The number of hydrogen-bond donors (Lipinski definition) is 1. The predicted molar refractivity (Wildman–Crippen MR) is 76.4 cm³/mol. The van der Waals surface area contributed by atoms with Crippen molar-refractivity contribution in [3.05, 3.63) is 40.3 Å². The van der Waals surface area contributed by atoms with Gasteiger partial charge in [0.25, 0.3) is 5.56 Å². The van der Waals surface area contributed by atoms with Crippen LogP contribution >= 0.6 is 0 Å². The number of nitrogens with zero attached hydrogens (tertiary/aromatic N) is 2. The molecule has 0 atom stereocenters. The van der Waals surface area contributed by atoms with Gasteiger partial charge in [0, 0.05) is 12.5 Å². The quantitative estimate of drug-likeness (QED) is 0.855. The van der Waals surface area contributed by atoms with E-state index in [0.717, 1.165) is 43.3 Å². The zero-order chi connectivity index (χ0) is 13.9.